The summed E-state index contributed by atoms with van der Waals surface area (Å²) in [5, 5.41) is 73.0. The number of amides is 6. The van der Waals surface area contributed by atoms with E-state index < -0.39 is 52.9 Å². The number of benzene rings is 9. The number of pyridine rings is 1. The van der Waals surface area contributed by atoms with Crippen molar-refractivity contribution in [2.75, 3.05) is 76.6 Å². The second-order valence-electron chi connectivity index (χ2n) is 27.7. The third kappa shape index (κ3) is 35.2. The maximum absolute atomic E-state index is 14.0. The molecule has 2 saturated heterocycles. The van der Waals surface area contributed by atoms with Crippen molar-refractivity contribution in [1.29, 1.82) is 0 Å². The van der Waals surface area contributed by atoms with Crippen LogP contribution < -0.4 is 51.8 Å². The van der Waals surface area contributed by atoms with E-state index in [0.29, 0.717) is 136 Å². The number of phenols is 5. The van der Waals surface area contributed by atoms with Crippen LogP contribution >= 0.6 is 161 Å². The lowest BCUT2D eigenvalue weighted by Crippen LogP contribution is -2.38. The number of methoxy groups -OCH3 is 2. The molecule has 0 atom stereocenters. The van der Waals surface area contributed by atoms with Crippen molar-refractivity contribution < 1.29 is 95.2 Å². The van der Waals surface area contributed by atoms with Gasteiger partial charge in [-0.3, -0.25) is 33.8 Å². The number of hydrogen-bond donors (Lipinski definition) is 11. The van der Waals surface area contributed by atoms with Crippen molar-refractivity contribution in [3.05, 3.63) is 331 Å². The van der Waals surface area contributed by atoms with Crippen molar-refractivity contribution in [1.82, 2.24) is 57.5 Å². The second kappa shape index (κ2) is 55.5. The number of rotatable bonds is 22. The largest absolute Gasteiger partial charge is 0.506 e. The SMILES string of the molecule is COc1ccc(C(=O)NN=Cc2cc(Br)cc(Cl)c2O)cc1OC.O=C(NN=Cc1cc(Br)cc(Cl)c1O)c1cc(Cl)cc(Cl)c1.O=C(NN=Cc1cc(Br)cc(Cl)c1O)c1cccc(C(F)(F)F)c1.O=C(NN=Cc1cc(Br)cc(Cl)c1O)c1ccccc1.O=C(NN=Cc1cc(Br)cc(Cl)c1O)c1ncc(F)c(N2CCOCC2)n1.O=C(NN=Cc1ccccn1)c1ncc(F)c(N2CCOCC2)n1. The molecule has 0 spiro atoms. The number of aromatic hydroxyl groups is 5. The number of hydrazone groups is 6. The number of ether oxygens (including phenoxy) is 4. The van der Waals surface area contributed by atoms with Gasteiger partial charge in [-0.15, -0.1) is 0 Å². The molecule has 11 N–H and O–H groups in total. The Labute approximate surface area is 874 Å². The van der Waals surface area contributed by atoms with Crippen LogP contribution in [0.25, 0.3) is 0 Å². The summed E-state index contributed by atoms with van der Waals surface area (Å²) in [6.45, 7) is 3.83. The van der Waals surface area contributed by atoms with E-state index in [1.165, 1.54) is 93.8 Å². The standard InChI is InChI=1S/C16H14BrClFN5O3.C16H14BrClN2O4.C15H9BrClF3N2O2.C15H15FN6O2.C14H8BrCl3N2O2.C14H10BrClN2O2/c17-10-5-9(13(25)11(18)6-10)7-21-23-16(26)14-20-8-12(19)15(22-14)24-1-3-27-4-2-24;1-23-13-4-3-9(6-14(13)24-2)16(22)20-19-8-10-5-11(17)7-12(18)15(10)21;16-11-5-9(13(23)12(17)6-11)7-21-22-14(24)8-2-1-3-10(4-8)15(18,19)20;16-12-10-18-13(20-14(12)22-5-7-24-8-6-22)15(23)21-19-9-11-3-1-2-4-17-11;15-9-1-8(13(21)12(18)4-9)6-19-20-14(22)7-2-10(16)5-11(17)3-7;15-11-6-10(13(19)12(16)7-11)8-17-18-14(20)9-4-2-1-3-5-9/h5-8,25H,1-4H2,(H,23,26);3-8,21H,1-2H3,(H,20,22);1-7,23H,(H,22,24);1-4,9-10H,5-8H2,(H,21,23);1-6,21H,(H,20,22);1-8,19H,(H,18,20). The topological polar surface area (TPSA) is 458 Å². The monoisotopic (exact) mass is 2390 g/mol. The van der Waals surface area contributed by atoms with E-state index in [2.05, 4.69) is 168 Å². The van der Waals surface area contributed by atoms with Gasteiger partial charge in [-0.2, -0.15) is 43.8 Å². The number of carbonyl (C=O) groups excluding carboxylic acids is 6. The lowest BCUT2D eigenvalue weighted by molar-refractivity contribution is -0.137. The molecule has 5 heterocycles. The Morgan fingerprint density at radius 3 is 1.07 bits per heavy atom. The lowest BCUT2D eigenvalue weighted by atomic mass is 10.1. The Morgan fingerprint density at radius 1 is 0.383 bits per heavy atom. The highest BCUT2D eigenvalue weighted by molar-refractivity contribution is 9.11. The molecule has 9 aromatic carbocycles. The quantitative estimate of drug-likeness (QED) is 0.0170. The Morgan fingerprint density at radius 2 is 0.716 bits per heavy atom. The minimum atomic E-state index is -4.54. The highest BCUT2D eigenvalue weighted by atomic mass is 79.9. The van der Waals surface area contributed by atoms with E-state index in [1.54, 1.807) is 113 Å². The van der Waals surface area contributed by atoms with Crippen LogP contribution in [-0.4, -0.2) is 190 Å². The maximum Gasteiger partial charge on any atom is 0.416 e. The summed E-state index contributed by atoms with van der Waals surface area (Å²) in [4.78, 5) is 94.7. The number of nitrogens with zero attached hydrogens (tertiary/aromatic N) is 13. The fraction of sp³-hybridized carbons (Fsp3) is 0.122. The van der Waals surface area contributed by atoms with Gasteiger partial charge in [0.15, 0.2) is 34.8 Å². The minimum Gasteiger partial charge on any atom is -0.506 e. The molecule has 3 aromatic heterocycles. The molecule has 2 aliphatic heterocycles. The predicted molar refractivity (Wildman–Crippen MR) is 543 cm³/mol. The van der Waals surface area contributed by atoms with Crippen LogP contribution in [0.15, 0.2) is 241 Å². The van der Waals surface area contributed by atoms with Crippen molar-refractivity contribution in [3.63, 3.8) is 0 Å². The molecule has 6 amide bonds. The van der Waals surface area contributed by atoms with Crippen LogP contribution in [0.3, 0.4) is 0 Å². The highest BCUT2D eigenvalue weighted by Crippen LogP contribution is 2.37. The van der Waals surface area contributed by atoms with Crippen molar-refractivity contribution >= 4 is 245 Å². The molecule has 2 fully saturated rings. The first-order valence-corrected chi connectivity index (χ1v) is 46.3. The molecular formula is C90H70Br5Cl7F5N19O15. The van der Waals surface area contributed by atoms with Gasteiger partial charge in [-0.1, -0.05) is 191 Å². The summed E-state index contributed by atoms with van der Waals surface area (Å²) in [6.07, 6.45) is 6.62. The molecule has 0 aliphatic carbocycles. The molecule has 0 saturated carbocycles. The smallest absolute Gasteiger partial charge is 0.416 e. The predicted octanol–water partition coefficient (Wildman–Crippen LogP) is 19.6. The first kappa shape index (κ1) is 112. The van der Waals surface area contributed by atoms with Gasteiger partial charge in [-0.05, 0) is 140 Å². The number of halogens is 17. The van der Waals surface area contributed by atoms with E-state index in [0.717, 1.165) is 36.8 Å². The average molecular weight is 2400 g/mol. The number of morpholine rings is 2. The van der Waals surface area contributed by atoms with E-state index in [1.807, 2.05) is 6.07 Å². The average Bonchev–Trinajstić information content (AvgIpc) is 0.708. The van der Waals surface area contributed by atoms with Gasteiger partial charge >= 0.3 is 18.0 Å². The molecule has 0 bridgehead atoms. The number of nitrogens with one attached hydrogen (secondary N) is 6. The number of hydrogen-bond acceptors (Lipinski definition) is 28. The molecule has 734 valence electrons. The lowest BCUT2D eigenvalue weighted by Gasteiger charge is -2.27. The summed E-state index contributed by atoms with van der Waals surface area (Å²) >= 11 is 57.0. The van der Waals surface area contributed by atoms with Gasteiger partial charge in [0, 0.05) is 115 Å². The van der Waals surface area contributed by atoms with Gasteiger partial charge in [0.1, 0.15) is 28.7 Å². The van der Waals surface area contributed by atoms with Crippen molar-refractivity contribution in [2.45, 2.75) is 6.18 Å². The number of phenolic OH excluding ortho intramolecular Hbond substituents is 5. The van der Waals surface area contributed by atoms with Crippen LogP contribution in [0.4, 0.5) is 33.6 Å². The zero-order valence-corrected chi connectivity index (χ0v) is 85.3. The second-order valence-corrected chi connectivity index (χ2v) is 35.2. The Kier molecular flexibility index (Phi) is 44.1. The molecule has 14 rings (SSSR count). The molecule has 0 radical (unpaired) electrons. The van der Waals surface area contributed by atoms with Gasteiger partial charge < -0.3 is 54.3 Å². The minimum absolute atomic E-state index is 0.0406. The van der Waals surface area contributed by atoms with E-state index in [9.17, 15) is 76.3 Å². The first-order chi connectivity index (χ1) is 67.3. The molecular weight excluding hydrogens is 2330 g/mol. The van der Waals surface area contributed by atoms with Crippen LogP contribution in [0, 0.1) is 11.6 Å². The van der Waals surface area contributed by atoms with Crippen molar-refractivity contribution in [3.8, 4) is 40.2 Å². The molecule has 2 aliphatic rings. The van der Waals surface area contributed by atoms with E-state index >= 15 is 0 Å². The Balaban J connectivity index is 0.000000189. The first-order valence-electron chi connectivity index (χ1n) is 39.7. The fourth-order valence-corrected chi connectivity index (χ4v) is 15.9. The van der Waals surface area contributed by atoms with E-state index in [4.69, 9.17) is 100 Å². The number of aromatic nitrogens is 5. The summed E-state index contributed by atoms with van der Waals surface area (Å²) in [6, 6.07) is 42.7. The third-order valence-electron chi connectivity index (χ3n) is 17.9. The van der Waals surface area contributed by atoms with Crippen LogP contribution in [-0.2, 0) is 15.7 Å². The summed E-state index contributed by atoms with van der Waals surface area (Å²) in [5.41, 5.74) is 15.9. The van der Waals surface area contributed by atoms with E-state index in [-0.39, 0.29) is 99.7 Å². The molecule has 34 nitrogen and oxygen atoms in total. The van der Waals surface area contributed by atoms with Crippen molar-refractivity contribution in [2.24, 2.45) is 30.6 Å². The Bertz CT molecular complexity index is 6680. The van der Waals surface area contributed by atoms with Gasteiger partial charge in [-0.25, -0.2) is 61.3 Å². The maximum atomic E-state index is 14.0. The molecule has 0 unspecified atom stereocenters. The van der Waals surface area contributed by atoms with Crippen LogP contribution in [0.2, 0.25) is 35.2 Å². The van der Waals surface area contributed by atoms with Gasteiger partial charge in [0.2, 0.25) is 11.6 Å². The van der Waals surface area contributed by atoms with Crippen LogP contribution in [0.1, 0.15) is 102 Å². The van der Waals surface area contributed by atoms with Gasteiger partial charge in [0.05, 0.1) is 127 Å². The number of anilines is 2. The normalized spacial score (nSPS) is 12.3. The molecule has 141 heavy (non-hydrogen) atoms. The summed E-state index contributed by atoms with van der Waals surface area (Å²) < 4.78 is 89.7. The van der Waals surface area contributed by atoms with Crippen LogP contribution in [0.5, 0.6) is 40.2 Å². The highest BCUT2D eigenvalue weighted by Gasteiger charge is 2.31. The van der Waals surface area contributed by atoms with Gasteiger partial charge in [0.25, 0.3) is 23.6 Å². The number of alkyl halides is 3. The summed E-state index contributed by atoms with van der Waals surface area (Å²) in [5.74, 6) is -4.68. The third-order valence-corrected chi connectivity index (χ3v) is 22.1. The summed E-state index contributed by atoms with van der Waals surface area (Å²) in [7, 11) is 3.00. The fourth-order valence-electron chi connectivity index (χ4n) is 11.2. The zero-order valence-electron chi connectivity index (χ0n) is 72.1. The zero-order chi connectivity index (χ0) is 103. The molecule has 51 heteroatoms. The Hall–Kier alpha value is -12.7. The molecule has 12 aromatic rings. The number of carbonyl (C=O) groups is 6.